The van der Waals surface area contributed by atoms with Crippen LogP contribution in [0, 0.1) is 0 Å². The van der Waals surface area contributed by atoms with Gasteiger partial charge in [-0.3, -0.25) is 9.69 Å². The van der Waals surface area contributed by atoms with Gasteiger partial charge in [-0.2, -0.15) is 0 Å². The smallest absolute Gasteiger partial charge is 0.221 e. The lowest BCUT2D eigenvalue weighted by Crippen LogP contribution is -2.36. The van der Waals surface area contributed by atoms with E-state index in [4.69, 9.17) is 0 Å². The Kier molecular flexibility index (Phi) is 5.73. The predicted molar refractivity (Wildman–Crippen MR) is 80.4 cm³/mol. The van der Waals surface area contributed by atoms with Gasteiger partial charge in [-0.1, -0.05) is 18.2 Å². The van der Waals surface area contributed by atoms with Crippen molar-refractivity contribution < 1.29 is 4.79 Å². The van der Waals surface area contributed by atoms with Crippen LogP contribution in [0.25, 0.3) is 0 Å². The molecule has 3 nitrogen and oxygen atoms in total. The Hall–Kier alpha value is -1.00. The number of amides is 1. The van der Waals surface area contributed by atoms with Crippen molar-refractivity contribution in [1.29, 1.82) is 0 Å². The van der Waals surface area contributed by atoms with Gasteiger partial charge in [-0.05, 0) is 31.2 Å². The SMILES string of the molecule is CC(CCSc1ccccc1)N1CCNC(=O)CC1. The monoisotopic (exact) mass is 278 g/mol. The van der Waals surface area contributed by atoms with Crippen LogP contribution in [0.3, 0.4) is 0 Å². The number of carbonyl (C=O) groups excluding carboxylic acids is 1. The van der Waals surface area contributed by atoms with Crippen molar-refractivity contribution >= 4 is 17.7 Å². The van der Waals surface area contributed by atoms with Crippen LogP contribution < -0.4 is 5.32 Å². The molecule has 1 heterocycles. The van der Waals surface area contributed by atoms with Gasteiger partial charge in [0.25, 0.3) is 0 Å². The van der Waals surface area contributed by atoms with Gasteiger partial charge in [0.1, 0.15) is 0 Å². The van der Waals surface area contributed by atoms with Crippen LogP contribution in [0.1, 0.15) is 19.8 Å². The van der Waals surface area contributed by atoms with Crippen molar-refractivity contribution in [2.75, 3.05) is 25.4 Å². The highest BCUT2D eigenvalue weighted by Gasteiger charge is 2.17. The molecule has 1 fully saturated rings. The Bertz CT molecular complexity index is 396. The third kappa shape index (κ3) is 4.88. The molecule has 1 aliphatic heterocycles. The zero-order valence-corrected chi connectivity index (χ0v) is 12.3. The summed E-state index contributed by atoms with van der Waals surface area (Å²) in [6.45, 7) is 4.92. The second kappa shape index (κ2) is 7.56. The van der Waals surface area contributed by atoms with E-state index in [1.165, 1.54) is 4.90 Å². The van der Waals surface area contributed by atoms with E-state index in [0.717, 1.165) is 31.8 Å². The highest BCUT2D eigenvalue weighted by Crippen LogP contribution is 2.19. The first-order valence-corrected chi connectivity index (χ1v) is 7.93. The highest BCUT2D eigenvalue weighted by molar-refractivity contribution is 7.99. The molecular weight excluding hydrogens is 256 g/mol. The largest absolute Gasteiger partial charge is 0.355 e. The Labute approximate surface area is 119 Å². The van der Waals surface area contributed by atoms with E-state index in [9.17, 15) is 4.79 Å². The summed E-state index contributed by atoms with van der Waals surface area (Å²) in [7, 11) is 0. The zero-order valence-electron chi connectivity index (χ0n) is 11.5. The summed E-state index contributed by atoms with van der Waals surface area (Å²) in [6.07, 6.45) is 1.80. The van der Waals surface area contributed by atoms with Crippen LogP contribution in [0.15, 0.2) is 35.2 Å². The lowest BCUT2D eigenvalue weighted by Gasteiger charge is -2.26. The van der Waals surface area contributed by atoms with Gasteiger partial charge in [0.2, 0.25) is 5.91 Å². The molecule has 1 saturated heterocycles. The summed E-state index contributed by atoms with van der Waals surface area (Å²) in [5.41, 5.74) is 0. The molecule has 1 N–H and O–H groups in total. The lowest BCUT2D eigenvalue weighted by molar-refractivity contribution is -0.120. The fourth-order valence-electron chi connectivity index (χ4n) is 2.27. The van der Waals surface area contributed by atoms with Crippen LogP contribution in [-0.2, 0) is 4.79 Å². The molecule has 4 heteroatoms. The molecule has 0 saturated carbocycles. The van der Waals surface area contributed by atoms with Crippen molar-refractivity contribution in [3.63, 3.8) is 0 Å². The summed E-state index contributed by atoms with van der Waals surface area (Å²) < 4.78 is 0. The number of thioether (sulfide) groups is 1. The second-order valence-corrected chi connectivity index (χ2v) is 6.10. The molecule has 2 rings (SSSR count). The molecule has 1 aromatic rings. The van der Waals surface area contributed by atoms with Crippen LogP contribution >= 0.6 is 11.8 Å². The van der Waals surface area contributed by atoms with E-state index in [-0.39, 0.29) is 5.91 Å². The highest BCUT2D eigenvalue weighted by atomic mass is 32.2. The maximum absolute atomic E-state index is 11.3. The van der Waals surface area contributed by atoms with Gasteiger partial charge in [-0.25, -0.2) is 0 Å². The quantitative estimate of drug-likeness (QED) is 0.839. The average molecular weight is 278 g/mol. The normalized spacial score (nSPS) is 18.7. The van der Waals surface area contributed by atoms with Crippen molar-refractivity contribution in [3.8, 4) is 0 Å². The van der Waals surface area contributed by atoms with Crippen LogP contribution in [0.5, 0.6) is 0 Å². The van der Waals surface area contributed by atoms with Gasteiger partial charge in [0.15, 0.2) is 0 Å². The molecule has 0 aliphatic carbocycles. The molecule has 0 radical (unpaired) electrons. The van der Waals surface area contributed by atoms with Gasteiger partial charge >= 0.3 is 0 Å². The number of carbonyl (C=O) groups is 1. The van der Waals surface area contributed by atoms with Crippen molar-refractivity contribution in [1.82, 2.24) is 10.2 Å². The van der Waals surface area contributed by atoms with Crippen molar-refractivity contribution in [2.45, 2.75) is 30.7 Å². The number of hydrogen-bond acceptors (Lipinski definition) is 3. The summed E-state index contributed by atoms with van der Waals surface area (Å²) in [5, 5.41) is 2.93. The van der Waals surface area contributed by atoms with Crippen molar-refractivity contribution in [2.24, 2.45) is 0 Å². The molecule has 1 amide bonds. The van der Waals surface area contributed by atoms with Crippen LogP contribution in [0.4, 0.5) is 0 Å². The van der Waals surface area contributed by atoms with Gasteiger partial charge in [0, 0.05) is 37.0 Å². The molecule has 1 atom stereocenters. The fraction of sp³-hybridized carbons (Fsp3) is 0.533. The first-order chi connectivity index (χ1) is 9.25. The van der Waals surface area contributed by atoms with Crippen molar-refractivity contribution in [3.05, 3.63) is 30.3 Å². The third-order valence-electron chi connectivity index (χ3n) is 3.52. The lowest BCUT2D eigenvalue weighted by atomic mass is 10.2. The number of nitrogens with one attached hydrogen (secondary N) is 1. The van der Waals surface area contributed by atoms with E-state index in [0.29, 0.717) is 12.5 Å². The van der Waals surface area contributed by atoms with Gasteiger partial charge in [0.05, 0.1) is 0 Å². The molecule has 1 aliphatic rings. The molecule has 1 aromatic carbocycles. The van der Waals surface area contributed by atoms with Crippen LogP contribution in [-0.4, -0.2) is 42.2 Å². The summed E-state index contributed by atoms with van der Waals surface area (Å²) in [4.78, 5) is 15.1. The molecule has 19 heavy (non-hydrogen) atoms. The van der Waals surface area contributed by atoms with E-state index >= 15 is 0 Å². The number of benzene rings is 1. The molecule has 1 unspecified atom stereocenters. The Morgan fingerprint density at radius 2 is 2.11 bits per heavy atom. The maximum Gasteiger partial charge on any atom is 0.221 e. The van der Waals surface area contributed by atoms with E-state index in [1.54, 1.807) is 0 Å². The minimum absolute atomic E-state index is 0.188. The van der Waals surface area contributed by atoms with E-state index in [2.05, 4.69) is 41.4 Å². The summed E-state index contributed by atoms with van der Waals surface area (Å²) >= 11 is 1.91. The minimum atomic E-state index is 0.188. The Morgan fingerprint density at radius 3 is 2.89 bits per heavy atom. The molecule has 0 aromatic heterocycles. The molecule has 0 bridgehead atoms. The maximum atomic E-state index is 11.3. The Morgan fingerprint density at radius 1 is 1.32 bits per heavy atom. The van der Waals surface area contributed by atoms with E-state index < -0.39 is 0 Å². The third-order valence-corrected chi connectivity index (χ3v) is 4.56. The van der Waals surface area contributed by atoms with Gasteiger partial charge in [-0.15, -0.1) is 11.8 Å². The average Bonchev–Trinajstić information content (AvgIpc) is 2.65. The minimum Gasteiger partial charge on any atom is -0.355 e. The molecule has 0 spiro atoms. The van der Waals surface area contributed by atoms with Crippen LogP contribution in [0.2, 0.25) is 0 Å². The summed E-state index contributed by atoms with van der Waals surface area (Å²) in [5.74, 6) is 1.32. The first kappa shape index (κ1) is 14.4. The van der Waals surface area contributed by atoms with Gasteiger partial charge < -0.3 is 5.32 Å². The second-order valence-electron chi connectivity index (χ2n) is 4.94. The molecular formula is C15H22N2OS. The standard InChI is InChI=1S/C15H22N2OS/c1-13(17-10-7-15(18)16-9-11-17)8-12-19-14-5-3-2-4-6-14/h2-6,13H,7-12H2,1H3,(H,16,18). The Balaban J connectivity index is 1.71. The fourth-order valence-corrected chi connectivity index (χ4v) is 3.32. The van der Waals surface area contributed by atoms with E-state index in [1.807, 2.05) is 17.8 Å². The number of rotatable bonds is 5. The first-order valence-electron chi connectivity index (χ1n) is 6.94. The zero-order chi connectivity index (χ0) is 13.5. The molecule has 104 valence electrons. The topological polar surface area (TPSA) is 32.3 Å². The summed E-state index contributed by atoms with van der Waals surface area (Å²) in [6, 6.07) is 11.1. The number of hydrogen-bond donors (Lipinski definition) is 1. The predicted octanol–water partition coefficient (Wildman–Crippen LogP) is 2.38. The number of nitrogens with zero attached hydrogens (tertiary/aromatic N) is 1.